The lowest BCUT2D eigenvalue weighted by molar-refractivity contribution is -0.115. The zero-order valence-electron chi connectivity index (χ0n) is 16.1. The van der Waals surface area contributed by atoms with Crippen LogP contribution in [0.25, 0.3) is 10.6 Å². The Kier molecular flexibility index (Phi) is 5.57. The van der Waals surface area contributed by atoms with Gasteiger partial charge in [-0.05, 0) is 36.2 Å². The summed E-state index contributed by atoms with van der Waals surface area (Å²) in [5.74, 6) is -0.116. The zero-order valence-corrected chi connectivity index (χ0v) is 17.0. The van der Waals surface area contributed by atoms with Crippen molar-refractivity contribution in [1.82, 2.24) is 10.3 Å². The first-order chi connectivity index (χ1) is 14.1. The van der Waals surface area contributed by atoms with Gasteiger partial charge in [0, 0.05) is 35.4 Å². The van der Waals surface area contributed by atoms with Crippen molar-refractivity contribution in [3.05, 3.63) is 65.2 Å². The van der Waals surface area contributed by atoms with E-state index in [1.165, 1.54) is 5.56 Å². The number of anilines is 2. The predicted octanol–water partition coefficient (Wildman–Crippen LogP) is 4.08. The molecule has 6 nitrogen and oxygen atoms in total. The molecule has 1 aliphatic heterocycles. The smallest absolute Gasteiger partial charge is 0.321 e. The van der Waals surface area contributed by atoms with Crippen molar-refractivity contribution in [3.8, 4) is 10.6 Å². The van der Waals surface area contributed by atoms with Crippen molar-refractivity contribution < 1.29 is 9.59 Å². The largest absolute Gasteiger partial charge is 0.336 e. The van der Waals surface area contributed by atoms with Crippen LogP contribution in [0.1, 0.15) is 18.2 Å². The Balaban J connectivity index is 1.36. The quantitative estimate of drug-likeness (QED) is 0.648. The normalized spacial score (nSPS) is 13.4. The molecule has 2 N–H and O–H groups in total. The minimum absolute atomic E-state index is 0.0922. The fourth-order valence-corrected chi connectivity index (χ4v) is 4.04. The molecule has 0 spiro atoms. The molecule has 0 aliphatic carbocycles. The van der Waals surface area contributed by atoms with Crippen LogP contribution in [-0.2, 0) is 17.6 Å². The highest BCUT2D eigenvalue weighted by molar-refractivity contribution is 7.13. The van der Waals surface area contributed by atoms with Gasteiger partial charge in [-0.1, -0.05) is 31.2 Å². The van der Waals surface area contributed by atoms with Crippen molar-refractivity contribution in [2.75, 3.05) is 23.3 Å². The summed E-state index contributed by atoms with van der Waals surface area (Å²) in [6.45, 7) is 3.43. The maximum absolute atomic E-state index is 12.4. The number of amides is 3. The Morgan fingerprint density at radius 1 is 1.17 bits per heavy atom. The van der Waals surface area contributed by atoms with E-state index in [-0.39, 0.29) is 18.4 Å². The van der Waals surface area contributed by atoms with Crippen molar-refractivity contribution in [1.29, 1.82) is 0 Å². The maximum Gasteiger partial charge on any atom is 0.321 e. The molecule has 3 amide bonds. The van der Waals surface area contributed by atoms with Crippen LogP contribution in [0.2, 0.25) is 0 Å². The van der Waals surface area contributed by atoms with Gasteiger partial charge in [0.15, 0.2) is 0 Å². The molecule has 1 saturated heterocycles. The van der Waals surface area contributed by atoms with Gasteiger partial charge in [-0.3, -0.25) is 9.69 Å². The molecule has 1 aromatic heterocycles. The third kappa shape index (κ3) is 4.46. The summed E-state index contributed by atoms with van der Waals surface area (Å²) in [4.78, 5) is 30.4. The zero-order chi connectivity index (χ0) is 20.2. The number of benzene rings is 2. The monoisotopic (exact) mass is 406 g/mol. The first-order valence-electron chi connectivity index (χ1n) is 9.61. The van der Waals surface area contributed by atoms with Crippen LogP contribution in [0.3, 0.4) is 0 Å². The lowest BCUT2D eigenvalue weighted by atomic mass is 10.1. The Morgan fingerprint density at radius 3 is 2.59 bits per heavy atom. The number of aromatic nitrogens is 1. The second kappa shape index (κ2) is 8.45. The Morgan fingerprint density at radius 2 is 1.93 bits per heavy atom. The third-order valence-corrected chi connectivity index (χ3v) is 5.76. The number of hydrogen-bond donors (Lipinski definition) is 2. The second-order valence-electron chi connectivity index (χ2n) is 6.85. The van der Waals surface area contributed by atoms with Crippen LogP contribution in [-0.4, -0.2) is 30.0 Å². The number of rotatable bonds is 6. The maximum atomic E-state index is 12.4. The van der Waals surface area contributed by atoms with Gasteiger partial charge in [-0.2, -0.15) is 0 Å². The van der Waals surface area contributed by atoms with E-state index in [0.29, 0.717) is 18.8 Å². The summed E-state index contributed by atoms with van der Waals surface area (Å²) >= 11 is 1.55. The van der Waals surface area contributed by atoms with Crippen LogP contribution in [0.5, 0.6) is 0 Å². The Labute approximate surface area is 173 Å². The van der Waals surface area contributed by atoms with Crippen molar-refractivity contribution in [3.63, 3.8) is 0 Å². The van der Waals surface area contributed by atoms with Gasteiger partial charge in [-0.15, -0.1) is 11.3 Å². The SMILES string of the molecule is CCc1ccc(-c2nc(CC(=O)Nc3ccc(N4CCNC4=O)cc3)cs2)cc1. The van der Waals surface area contributed by atoms with Gasteiger partial charge in [0.25, 0.3) is 0 Å². The molecular formula is C22H22N4O2S. The molecule has 0 atom stereocenters. The molecular weight excluding hydrogens is 384 g/mol. The third-order valence-electron chi connectivity index (χ3n) is 4.82. The number of urea groups is 1. The molecule has 148 valence electrons. The molecule has 0 bridgehead atoms. The minimum Gasteiger partial charge on any atom is -0.336 e. The molecule has 4 rings (SSSR count). The van der Waals surface area contributed by atoms with E-state index in [9.17, 15) is 9.59 Å². The Hall–Kier alpha value is -3.19. The van der Waals surface area contributed by atoms with Crippen LogP contribution < -0.4 is 15.5 Å². The molecule has 0 saturated carbocycles. The molecule has 0 unspecified atom stereocenters. The highest BCUT2D eigenvalue weighted by Gasteiger charge is 2.20. The minimum atomic E-state index is -0.116. The van der Waals surface area contributed by atoms with Crippen LogP contribution >= 0.6 is 11.3 Å². The first-order valence-corrected chi connectivity index (χ1v) is 10.5. The lowest BCUT2D eigenvalue weighted by Gasteiger charge is -2.14. The van der Waals surface area contributed by atoms with Gasteiger partial charge in [-0.25, -0.2) is 9.78 Å². The topological polar surface area (TPSA) is 74.3 Å². The second-order valence-corrected chi connectivity index (χ2v) is 7.71. The summed E-state index contributed by atoms with van der Waals surface area (Å²) in [7, 11) is 0. The van der Waals surface area contributed by atoms with E-state index in [1.807, 2.05) is 17.5 Å². The van der Waals surface area contributed by atoms with E-state index in [2.05, 4.69) is 46.8 Å². The van der Waals surface area contributed by atoms with Gasteiger partial charge in [0.05, 0.1) is 12.1 Å². The first kappa shape index (κ1) is 19.1. The number of carbonyl (C=O) groups is 2. The van der Waals surface area contributed by atoms with E-state index < -0.39 is 0 Å². The highest BCUT2D eigenvalue weighted by atomic mass is 32.1. The summed E-state index contributed by atoms with van der Waals surface area (Å²) in [5, 5.41) is 8.51. The van der Waals surface area contributed by atoms with Crippen LogP contribution in [0, 0.1) is 0 Å². The fourth-order valence-electron chi connectivity index (χ4n) is 3.22. The molecule has 2 aromatic carbocycles. The number of aryl methyl sites for hydroxylation is 1. The predicted molar refractivity (Wildman–Crippen MR) is 116 cm³/mol. The fraction of sp³-hybridized carbons (Fsp3) is 0.227. The number of carbonyl (C=O) groups excluding carboxylic acids is 2. The molecule has 29 heavy (non-hydrogen) atoms. The summed E-state index contributed by atoms with van der Waals surface area (Å²) < 4.78 is 0. The molecule has 7 heteroatoms. The highest BCUT2D eigenvalue weighted by Crippen LogP contribution is 2.25. The van der Waals surface area contributed by atoms with E-state index >= 15 is 0 Å². The van der Waals surface area contributed by atoms with Gasteiger partial charge in [0.2, 0.25) is 5.91 Å². The number of nitrogens with zero attached hydrogens (tertiary/aromatic N) is 2. The molecule has 1 aliphatic rings. The van der Waals surface area contributed by atoms with Crippen LogP contribution in [0.15, 0.2) is 53.9 Å². The van der Waals surface area contributed by atoms with Crippen molar-refractivity contribution in [2.45, 2.75) is 19.8 Å². The van der Waals surface area contributed by atoms with E-state index in [4.69, 9.17) is 0 Å². The van der Waals surface area contributed by atoms with Gasteiger partial charge < -0.3 is 10.6 Å². The Bertz CT molecular complexity index is 1010. The summed E-state index contributed by atoms with van der Waals surface area (Å²) in [6.07, 6.45) is 1.23. The van der Waals surface area contributed by atoms with Gasteiger partial charge in [0.1, 0.15) is 5.01 Å². The average molecular weight is 407 g/mol. The summed E-state index contributed by atoms with van der Waals surface area (Å²) in [6, 6.07) is 15.6. The molecule has 1 fully saturated rings. The van der Waals surface area contributed by atoms with Crippen LogP contribution in [0.4, 0.5) is 16.2 Å². The number of thiazole rings is 1. The van der Waals surface area contributed by atoms with Crippen molar-refractivity contribution in [2.24, 2.45) is 0 Å². The summed E-state index contributed by atoms with van der Waals surface area (Å²) in [5.41, 5.74) is 4.63. The molecule has 2 heterocycles. The number of hydrogen-bond acceptors (Lipinski definition) is 4. The lowest BCUT2D eigenvalue weighted by Crippen LogP contribution is -2.27. The number of nitrogens with one attached hydrogen (secondary N) is 2. The molecule has 0 radical (unpaired) electrons. The molecule has 3 aromatic rings. The van der Waals surface area contributed by atoms with E-state index in [1.54, 1.807) is 28.4 Å². The van der Waals surface area contributed by atoms with Crippen molar-refractivity contribution >= 4 is 34.6 Å². The van der Waals surface area contributed by atoms with E-state index in [0.717, 1.165) is 28.4 Å². The van der Waals surface area contributed by atoms with Gasteiger partial charge >= 0.3 is 6.03 Å². The standard InChI is InChI=1S/C22H22N4O2S/c1-2-15-3-5-16(6-4-15)21-25-18(14-29-21)13-20(27)24-17-7-9-19(10-8-17)26-12-11-23-22(26)28/h3-10,14H,2,11-13H2,1H3,(H,23,28)(H,24,27). The average Bonchev–Trinajstić information content (AvgIpc) is 3.38.